The van der Waals surface area contributed by atoms with E-state index in [1.807, 2.05) is 0 Å². The summed E-state index contributed by atoms with van der Waals surface area (Å²) in [4.78, 5) is 12.4. The minimum Gasteiger partial charge on any atom is -0.351 e. The van der Waals surface area contributed by atoms with Gasteiger partial charge in [-0.3, -0.25) is 4.79 Å². The third-order valence-corrected chi connectivity index (χ3v) is 4.87. The van der Waals surface area contributed by atoms with Gasteiger partial charge in [0.1, 0.15) is 0 Å². The lowest BCUT2D eigenvalue weighted by Gasteiger charge is -2.33. The lowest BCUT2D eigenvalue weighted by Crippen LogP contribution is -2.50. The fraction of sp³-hybridized carbons (Fsp3) is 0.350. The number of amides is 1. The van der Waals surface area contributed by atoms with Crippen LogP contribution < -0.4 is 10.6 Å². The highest BCUT2D eigenvalue weighted by atomic mass is 19.4. The first-order chi connectivity index (χ1) is 13.3. The minimum atomic E-state index is -4.54. The van der Waals surface area contributed by atoms with E-state index in [1.54, 1.807) is 0 Å². The first-order valence-electron chi connectivity index (χ1n) is 8.86. The molecule has 0 saturated carbocycles. The highest BCUT2D eigenvalue weighted by Crippen LogP contribution is 2.32. The van der Waals surface area contributed by atoms with Gasteiger partial charge in [0.05, 0.1) is 12.0 Å². The zero-order valence-corrected chi connectivity index (χ0v) is 14.8. The Kier molecular flexibility index (Phi) is 5.98. The molecule has 0 bridgehead atoms. The fourth-order valence-electron chi connectivity index (χ4n) is 3.53. The van der Waals surface area contributed by atoms with Gasteiger partial charge in [-0.2, -0.15) is 13.2 Å². The molecule has 2 N–H and O–H groups in total. The number of piperidine rings is 1. The molecule has 8 heteroatoms. The summed E-state index contributed by atoms with van der Waals surface area (Å²) in [6.07, 6.45) is -4.39. The van der Waals surface area contributed by atoms with E-state index in [9.17, 15) is 26.7 Å². The lowest BCUT2D eigenvalue weighted by atomic mass is 9.85. The molecular weight excluding hydrogens is 379 g/mol. The van der Waals surface area contributed by atoms with Gasteiger partial charge in [0.15, 0.2) is 11.6 Å². The molecule has 2 unspecified atom stereocenters. The van der Waals surface area contributed by atoms with Crippen molar-refractivity contribution >= 4 is 5.91 Å². The van der Waals surface area contributed by atoms with Gasteiger partial charge in [0.25, 0.3) is 0 Å². The zero-order valence-electron chi connectivity index (χ0n) is 14.8. The molecule has 28 heavy (non-hydrogen) atoms. The largest absolute Gasteiger partial charge is 0.416 e. The Morgan fingerprint density at radius 3 is 2.57 bits per heavy atom. The second kappa shape index (κ2) is 8.26. The minimum absolute atomic E-state index is 0.111. The van der Waals surface area contributed by atoms with E-state index in [0.717, 1.165) is 18.2 Å². The molecule has 150 valence electrons. The number of alkyl halides is 3. The average Bonchev–Trinajstić information content (AvgIpc) is 2.64. The van der Waals surface area contributed by atoms with Crippen LogP contribution in [0.4, 0.5) is 22.0 Å². The molecule has 2 atom stereocenters. The Morgan fingerprint density at radius 2 is 1.86 bits per heavy atom. The molecule has 1 heterocycles. The predicted molar refractivity (Wildman–Crippen MR) is 93.7 cm³/mol. The van der Waals surface area contributed by atoms with E-state index in [4.69, 9.17) is 0 Å². The van der Waals surface area contributed by atoms with Crippen molar-refractivity contribution in [1.82, 2.24) is 10.6 Å². The number of carbonyl (C=O) groups excluding carboxylic acids is 1. The van der Waals surface area contributed by atoms with Gasteiger partial charge in [-0.1, -0.05) is 24.3 Å². The van der Waals surface area contributed by atoms with Crippen molar-refractivity contribution in [1.29, 1.82) is 0 Å². The van der Waals surface area contributed by atoms with Crippen molar-refractivity contribution in [2.24, 2.45) is 0 Å². The highest BCUT2D eigenvalue weighted by Gasteiger charge is 2.34. The number of hydrogen-bond acceptors (Lipinski definition) is 2. The number of halogens is 5. The Balaban J connectivity index is 1.74. The summed E-state index contributed by atoms with van der Waals surface area (Å²) in [5.41, 5.74) is -0.411. The van der Waals surface area contributed by atoms with E-state index in [2.05, 4.69) is 10.6 Å². The first kappa shape index (κ1) is 20.3. The summed E-state index contributed by atoms with van der Waals surface area (Å²) in [6.45, 7) is 1.02. The molecule has 1 saturated heterocycles. The van der Waals surface area contributed by atoms with Crippen LogP contribution in [0.3, 0.4) is 0 Å². The maximum atomic E-state index is 13.6. The van der Waals surface area contributed by atoms with Crippen LogP contribution in [0.25, 0.3) is 0 Å². The Bertz CT molecular complexity index is 853. The van der Waals surface area contributed by atoms with Crippen LogP contribution in [0.2, 0.25) is 0 Å². The smallest absolute Gasteiger partial charge is 0.351 e. The highest BCUT2D eigenvalue weighted by molar-refractivity contribution is 5.79. The second-order valence-corrected chi connectivity index (χ2v) is 6.78. The SMILES string of the molecule is O=C(Cc1ccccc1C(F)(F)F)NC1CNCCC1c1ccc(F)c(F)c1. The van der Waals surface area contributed by atoms with Gasteiger partial charge >= 0.3 is 6.18 Å². The topological polar surface area (TPSA) is 41.1 Å². The van der Waals surface area contributed by atoms with Gasteiger partial charge in [-0.15, -0.1) is 0 Å². The van der Waals surface area contributed by atoms with Crippen molar-refractivity contribution in [2.75, 3.05) is 13.1 Å². The summed E-state index contributed by atoms with van der Waals surface area (Å²) < 4.78 is 66.1. The third-order valence-electron chi connectivity index (χ3n) is 4.87. The Hall–Kier alpha value is -2.48. The van der Waals surface area contributed by atoms with E-state index in [-0.39, 0.29) is 11.5 Å². The van der Waals surface area contributed by atoms with Crippen LogP contribution in [-0.4, -0.2) is 25.0 Å². The molecule has 3 rings (SSSR count). The summed E-state index contributed by atoms with van der Waals surface area (Å²) in [7, 11) is 0. The second-order valence-electron chi connectivity index (χ2n) is 6.78. The summed E-state index contributed by atoms with van der Waals surface area (Å²) in [6, 6.07) is 8.09. The molecule has 1 amide bonds. The molecule has 1 aliphatic heterocycles. The van der Waals surface area contributed by atoms with Gasteiger partial charge in [-0.05, 0) is 42.3 Å². The van der Waals surface area contributed by atoms with Crippen LogP contribution in [0.5, 0.6) is 0 Å². The van der Waals surface area contributed by atoms with Crippen molar-refractivity contribution in [3.05, 3.63) is 70.8 Å². The quantitative estimate of drug-likeness (QED) is 0.770. The van der Waals surface area contributed by atoms with Crippen LogP contribution in [0.1, 0.15) is 29.0 Å². The molecule has 3 nitrogen and oxygen atoms in total. The molecule has 1 fully saturated rings. The number of hydrogen-bond donors (Lipinski definition) is 2. The molecule has 2 aromatic rings. The summed E-state index contributed by atoms with van der Waals surface area (Å²) in [5, 5.41) is 5.85. The number of nitrogens with one attached hydrogen (secondary N) is 2. The first-order valence-corrected chi connectivity index (χ1v) is 8.86. The molecule has 0 radical (unpaired) electrons. The zero-order chi connectivity index (χ0) is 20.3. The van der Waals surface area contributed by atoms with E-state index < -0.39 is 41.7 Å². The van der Waals surface area contributed by atoms with E-state index >= 15 is 0 Å². The van der Waals surface area contributed by atoms with Crippen molar-refractivity contribution in [3.63, 3.8) is 0 Å². The van der Waals surface area contributed by atoms with Crippen LogP contribution in [0.15, 0.2) is 42.5 Å². The van der Waals surface area contributed by atoms with Crippen LogP contribution >= 0.6 is 0 Å². The normalized spacial score (nSPS) is 20.0. The molecule has 0 aromatic heterocycles. The molecule has 1 aliphatic rings. The monoisotopic (exact) mass is 398 g/mol. The maximum Gasteiger partial charge on any atom is 0.416 e. The van der Waals surface area contributed by atoms with Crippen molar-refractivity contribution in [2.45, 2.75) is 31.0 Å². The van der Waals surface area contributed by atoms with Crippen molar-refractivity contribution in [3.8, 4) is 0 Å². The maximum absolute atomic E-state index is 13.6. The van der Waals surface area contributed by atoms with Crippen LogP contribution in [-0.2, 0) is 17.4 Å². The molecule has 0 aliphatic carbocycles. The molecule has 2 aromatic carbocycles. The number of rotatable bonds is 4. The standard InChI is InChI=1S/C20H19F5N2O/c21-16-6-5-12(9-17(16)22)14-7-8-26-11-18(14)27-19(28)10-13-3-1-2-4-15(13)20(23,24)25/h1-6,9,14,18,26H,7-8,10-11H2,(H,27,28). The van der Waals surface area contributed by atoms with Gasteiger partial charge < -0.3 is 10.6 Å². The fourth-order valence-corrected chi connectivity index (χ4v) is 3.53. The van der Waals surface area contributed by atoms with Gasteiger partial charge in [-0.25, -0.2) is 8.78 Å². The Morgan fingerprint density at radius 1 is 1.11 bits per heavy atom. The lowest BCUT2D eigenvalue weighted by molar-refractivity contribution is -0.138. The molecule has 0 spiro atoms. The average molecular weight is 398 g/mol. The summed E-state index contributed by atoms with van der Waals surface area (Å²) in [5.74, 6) is -2.75. The number of benzene rings is 2. The Labute approximate surface area is 158 Å². The summed E-state index contributed by atoms with van der Waals surface area (Å²) >= 11 is 0. The van der Waals surface area contributed by atoms with Gasteiger partial charge in [0.2, 0.25) is 5.91 Å². The van der Waals surface area contributed by atoms with Crippen LogP contribution in [0, 0.1) is 11.6 Å². The van der Waals surface area contributed by atoms with Gasteiger partial charge in [0, 0.05) is 18.5 Å². The molecular formula is C20H19F5N2O. The van der Waals surface area contributed by atoms with Crippen molar-refractivity contribution < 1.29 is 26.7 Å². The predicted octanol–water partition coefficient (Wildman–Crippen LogP) is 3.79. The van der Waals surface area contributed by atoms with E-state index in [0.29, 0.717) is 25.1 Å². The van der Waals surface area contributed by atoms with E-state index in [1.165, 1.54) is 24.3 Å². The third kappa shape index (κ3) is 4.67. The number of carbonyl (C=O) groups is 1.